The summed E-state index contributed by atoms with van der Waals surface area (Å²) in [6.07, 6.45) is 0.341. The Balaban J connectivity index is 1.54. The first-order chi connectivity index (χ1) is 12.0. The molecule has 2 heterocycles. The Labute approximate surface area is 149 Å². The minimum Gasteiger partial charge on any atom is -0.352 e. The molecule has 0 radical (unpaired) electrons. The summed E-state index contributed by atoms with van der Waals surface area (Å²) in [5.74, 6) is 0.918. The Morgan fingerprint density at radius 2 is 1.92 bits per heavy atom. The van der Waals surface area contributed by atoms with Gasteiger partial charge in [-0.05, 0) is 30.4 Å². The minimum absolute atomic E-state index is 0.0618. The van der Waals surface area contributed by atoms with E-state index in [1.807, 2.05) is 13.0 Å². The van der Waals surface area contributed by atoms with Crippen molar-refractivity contribution in [1.82, 2.24) is 20.4 Å². The van der Waals surface area contributed by atoms with Crippen LogP contribution in [0.5, 0.6) is 0 Å². The minimum atomic E-state index is 0.0618. The predicted octanol–water partition coefficient (Wildman–Crippen LogP) is 2.53. The van der Waals surface area contributed by atoms with Gasteiger partial charge in [-0.2, -0.15) is 5.10 Å². The maximum atomic E-state index is 12.4. The van der Waals surface area contributed by atoms with Crippen molar-refractivity contribution >= 4 is 5.91 Å². The number of hydrogen-bond acceptors (Lipinski definition) is 3. The fraction of sp³-hybridized carbons (Fsp3) is 0.500. The number of aryl methyl sites for hydroxylation is 1. The van der Waals surface area contributed by atoms with Gasteiger partial charge in [0.05, 0.1) is 12.1 Å². The molecule has 0 spiro atoms. The smallest absolute Gasteiger partial charge is 0.226 e. The number of aromatic amines is 1. The number of aromatic nitrogens is 2. The molecule has 2 aromatic rings. The summed E-state index contributed by atoms with van der Waals surface area (Å²) >= 11 is 0. The fourth-order valence-electron chi connectivity index (χ4n) is 3.90. The van der Waals surface area contributed by atoms with Crippen LogP contribution in [0, 0.1) is 18.8 Å². The molecule has 2 atom stereocenters. The molecule has 1 aromatic heterocycles. The van der Waals surface area contributed by atoms with Crippen LogP contribution in [0.25, 0.3) is 0 Å². The van der Waals surface area contributed by atoms with E-state index in [0.717, 1.165) is 31.0 Å². The third-order valence-electron chi connectivity index (χ3n) is 5.00. The van der Waals surface area contributed by atoms with Gasteiger partial charge >= 0.3 is 0 Å². The van der Waals surface area contributed by atoms with Gasteiger partial charge in [0.25, 0.3) is 0 Å². The molecule has 1 aliphatic rings. The van der Waals surface area contributed by atoms with Gasteiger partial charge < -0.3 is 5.32 Å². The van der Waals surface area contributed by atoms with Crippen molar-refractivity contribution < 1.29 is 4.79 Å². The Morgan fingerprint density at radius 1 is 1.24 bits per heavy atom. The molecular formula is C20H28N4O. The molecule has 25 heavy (non-hydrogen) atoms. The number of benzene rings is 1. The normalized spacial score (nSPS) is 24.2. The number of piperidine rings is 1. The zero-order chi connectivity index (χ0) is 17.8. The quantitative estimate of drug-likeness (QED) is 0.879. The second-order valence-electron chi connectivity index (χ2n) is 7.45. The highest BCUT2D eigenvalue weighted by Gasteiger charge is 2.32. The van der Waals surface area contributed by atoms with Crippen LogP contribution < -0.4 is 5.32 Å². The molecule has 0 aliphatic carbocycles. The van der Waals surface area contributed by atoms with E-state index >= 15 is 0 Å². The monoisotopic (exact) mass is 340 g/mol. The largest absolute Gasteiger partial charge is 0.352 e. The van der Waals surface area contributed by atoms with Gasteiger partial charge in [0.15, 0.2) is 0 Å². The van der Waals surface area contributed by atoms with Crippen molar-refractivity contribution in [3.63, 3.8) is 0 Å². The lowest BCUT2D eigenvalue weighted by Crippen LogP contribution is -2.54. The molecule has 1 saturated heterocycles. The van der Waals surface area contributed by atoms with Crippen LogP contribution in [0.4, 0.5) is 0 Å². The van der Waals surface area contributed by atoms with Crippen molar-refractivity contribution in [2.45, 2.75) is 39.8 Å². The Morgan fingerprint density at radius 3 is 2.52 bits per heavy atom. The molecule has 5 nitrogen and oxygen atoms in total. The van der Waals surface area contributed by atoms with E-state index in [9.17, 15) is 4.79 Å². The van der Waals surface area contributed by atoms with Gasteiger partial charge in [-0.15, -0.1) is 0 Å². The molecule has 3 rings (SSSR count). The van der Waals surface area contributed by atoms with E-state index in [1.54, 1.807) is 0 Å². The number of likely N-dealkylation sites (tertiary alicyclic amines) is 1. The molecule has 0 bridgehead atoms. The second-order valence-corrected chi connectivity index (χ2v) is 7.45. The SMILES string of the molecule is Cc1cc(CC(=O)NC2C(C)CN(Cc3ccccc3)CC2C)n[nH]1. The van der Waals surface area contributed by atoms with Gasteiger partial charge in [0, 0.05) is 31.4 Å². The predicted molar refractivity (Wildman–Crippen MR) is 99.0 cm³/mol. The molecule has 2 N–H and O–H groups in total. The van der Waals surface area contributed by atoms with Crippen LogP contribution in [-0.2, 0) is 17.8 Å². The fourth-order valence-corrected chi connectivity index (χ4v) is 3.90. The van der Waals surface area contributed by atoms with Crippen LogP contribution >= 0.6 is 0 Å². The Bertz CT molecular complexity index is 685. The summed E-state index contributed by atoms with van der Waals surface area (Å²) in [6, 6.07) is 12.7. The lowest BCUT2D eigenvalue weighted by atomic mass is 9.85. The number of nitrogens with one attached hydrogen (secondary N) is 2. The van der Waals surface area contributed by atoms with Gasteiger partial charge in [-0.25, -0.2) is 0 Å². The summed E-state index contributed by atoms with van der Waals surface area (Å²) in [6.45, 7) is 9.40. The molecule has 1 aromatic carbocycles. The van der Waals surface area contributed by atoms with E-state index in [1.165, 1.54) is 5.56 Å². The second kappa shape index (κ2) is 7.83. The summed E-state index contributed by atoms with van der Waals surface area (Å²) in [4.78, 5) is 14.9. The lowest BCUT2D eigenvalue weighted by molar-refractivity contribution is -0.122. The highest BCUT2D eigenvalue weighted by Crippen LogP contribution is 2.23. The summed E-state index contributed by atoms with van der Waals surface area (Å²) < 4.78 is 0. The molecule has 1 aliphatic heterocycles. The zero-order valence-electron chi connectivity index (χ0n) is 15.3. The van der Waals surface area contributed by atoms with Crippen LogP contribution in [0.15, 0.2) is 36.4 Å². The first-order valence-corrected chi connectivity index (χ1v) is 9.08. The van der Waals surface area contributed by atoms with E-state index in [4.69, 9.17) is 0 Å². The number of amides is 1. The van der Waals surface area contributed by atoms with Crippen LogP contribution in [0.1, 0.15) is 30.8 Å². The Kier molecular flexibility index (Phi) is 5.53. The van der Waals surface area contributed by atoms with E-state index in [0.29, 0.717) is 18.3 Å². The number of carbonyl (C=O) groups excluding carboxylic acids is 1. The van der Waals surface area contributed by atoms with Gasteiger partial charge in [0.2, 0.25) is 5.91 Å². The molecule has 2 unspecified atom stereocenters. The van der Waals surface area contributed by atoms with Crippen LogP contribution in [-0.4, -0.2) is 40.1 Å². The average Bonchev–Trinajstić information content (AvgIpc) is 2.97. The maximum absolute atomic E-state index is 12.4. The van der Waals surface area contributed by atoms with Crippen molar-refractivity contribution in [1.29, 1.82) is 0 Å². The Hall–Kier alpha value is -2.14. The third kappa shape index (κ3) is 4.69. The van der Waals surface area contributed by atoms with E-state index in [2.05, 4.69) is 64.6 Å². The van der Waals surface area contributed by atoms with E-state index in [-0.39, 0.29) is 11.9 Å². The first-order valence-electron chi connectivity index (χ1n) is 9.08. The highest BCUT2D eigenvalue weighted by atomic mass is 16.1. The lowest BCUT2D eigenvalue weighted by Gasteiger charge is -2.41. The number of H-pyrrole nitrogens is 1. The van der Waals surface area contributed by atoms with E-state index < -0.39 is 0 Å². The maximum Gasteiger partial charge on any atom is 0.226 e. The van der Waals surface area contributed by atoms with Crippen molar-refractivity contribution in [2.24, 2.45) is 11.8 Å². The topological polar surface area (TPSA) is 61.0 Å². The van der Waals surface area contributed by atoms with Gasteiger partial charge in [0.1, 0.15) is 0 Å². The van der Waals surface area contributed by atoms with Crippen LogP contribution in [0.2, 0.25) is 0 Å². The summed E-state index contributed by atoms with van der Waals surface area (Å²) in [7, 11) is 0. The third-order valence-corrected chi connectivity index (χ3v) is 5.00. The number of carbonyl (C=O) groups is 1. The first kappa shape index (κ1) is 17.7. The highest BCUT2D eigenvalue weighted by molar-refractivity contribution is 5.78. The molecule has 5 heteroatoms. The molecular weight excluding hydrogens is 312 g/mol. The molecule has 1 fully saturated rings. The number of rotatable bonds is 5. The van der Waals surface area contributed by atoms with Crippen molar-refractivity contribution in [2.75, 3.05) is 13.1 Å². The van der Waals surface area contributed by atoms with Crippen molar-refractivity contribution in [3.8, 4) is 0 Å². The average molecular weight is 340 g/mol. The molecule has 1 amide bonds. The van der Waals surface area contributed by atoms with Gasteiger partial charge in [-0.1, -0.05) is 44.2 Å². The number of nitrogens with zero attached hydrogens (tertiary/aromatic N) is 2. The van der Waals surface area contributed by atoms with Crippen molar-refractivity contribution in [3.05, 3.63) is 53.3 Å². The number of hydrogen-bond donors (Lipinski definition) is 2. The molecule has 134 valence electrons. The molecule has 0 saturated carbocycles. The van der Waals surface area contributed by atoms with Crippen LogP contribution in [0.3, 0.4) is 0 Å². The zero-order valence-corrected chi connectivity index (χ0v) is 15.3. The summed E-state index contributed by atoms with van der Waals surface area (Å²) in [5, 5.41) is 10.3. The standard InChI is InChI=1S/C20H28N4O/c1-14-11-24(13-17-7-5-4-6-8-17)12-15(2)20(14)21-19(25)10-18-9-16(3)22-23-18/h4-9,14-15,20H,10-13H2,1-3H3,(H,21,25)(H,22,23). The van der Waals surface area contributed by atoms with Gasteiger partial charge in [-0.3, -0.25) is 14.8 Å². The summed E-state index contributed by atoms with van der Waals surface area (Å²) in [5.41, 5.74) is 3.13.